The van der Waals surface area contributed by atoms with E-state index in [1.807, 2.05) is 26.0 Å². The number of benzene rings is 1. The van der Waals surface area contributed by atoms with Gasteiger partial charge in [-0.2, -0.15) is 5.10 Å². The van der Waals surface area contributed by atoms with Crippen molar-refractivity contribution in [2.75, 3.05) is 4.31 Å². The molecule has 0 unspecified atom stereocenters. The van der Waals surface area contributed by atoms with Gasteiger partial charge in [-0.15, -0.1) is 0 Å². The van der Waals surface area contributed by atoms with Gasteiger partial charge in [0.05, 0.1) is 17.6 Å². The summed E-state index contributed by atoms with van der Waals surface area (Å²) < 4.78 is 27.1. The summed E-state index contributed by atoms with van der Waals surface area (Å²) >= 11 is 0. The summed E-state index contributed by atoms with van der Waals surface area (Å²) in [5, 5.41) is 6.47. The Hall–Kier alpha value is -1.86. The first kappa shape index (κ1) is 15.5. The van der Waals surface area contributed by atoms with Crippen LogP contribution in [0.1, 0.15) is 25.1 Å². The third-order valence-corrected chi connectivity index (χ3v) is 5.33. The molecule has 0 spiro atoms. The van der Waals surface area contributed by atoms with E-state index in [-0.39, 0.29) is 10.9 Å². The average Bonchev–Trinajstić information content (AvgIpc) is 2.86. The summed E-state index contributed by atoms with van der Waals surface area (Å²) in [6.45, 7) is 5.79. The van der Waals surface area contributed by atoms with Crippen molar-refractivity contribution in [3.05, 3.63) is 41.7 Å². The maximum Gasteiger partial charge on any atom is 0.267 e. The van der Waals surface area contributed by atoms with Gasteiger partial charge in [0.15, 0.2) is 0 Å². The smallest absolute Gasteiger partial charge is 0.267 e. The van der Waals surface area contributed by atoms with E-state index in [2.05, 4.69) is 10.2 Å². The molecule has 1 heterocycles. The normalized spacial score (nSPS) is 11.9. The molecule has 0 saturated heterocycles. The van der Waals surface area contributed by atoms with Crippen molar-refractivity contribution in [3.63, 3.8) is 0 Å². The molecule has 2 rings (SSSR count). The first-order valence-corrected chi connectivity index (χ1v) is 8.15. The zero-order valence-corrected chi connectivity index (χ0v) is 13.2. The molecule has 0 atom stereocenters. The molecule has 0 saturated carbocycles. The Labute approximate surface area is 125 Å². The highest BCUT2D eigenvalue weighted by molar-refractivity contribution is 7.92. The molecule has 1 aromatic carbocycles. The molecule has 0 bridgehead atoms. The highest BCUT2D eigenvalue weighted by Gasteiger charge is 2.29. The van der Waals surface area contributed by atoms with Crippen LogP contribution in [0, 0.1) is 6.92 Å². The van der Waals surface area contributed by atoms with Gasteiger partial charge in [0.2, 0.25) is 0 Å². The van der Waals surface area contributed by atoms with E-state index in [4.69, 9.17) is 5.73 Å². The van der Waals surface area contributed by atoms with Crippen LogP contribution in [-0.4, -0.2) is 24.7 Å². The van der Waals surface area contributed by atoms with Crippen molar-refractivity contribution in [1.82, 2.24) is 10.2 Å². The summed E-state index contributed by atoms with van der Waals surface area (Å²) in [5.74, 6) is 0. The summed E-state index contributed by atoms with van der Waals surface area (Å²) in [6, 6.07) is 7.00. The SMILES string of the molecule is Cc1[nH]ncc1S(=O)(=O)N(c1ccc(CN)cc1)C(C)C. The van der Waals surface area contributed by atoms with Crippen LogP contribution in [0.2, 0.25) is 0 Å². The molecule has 0 aliphatic rings. The number of aromatic amines is 1. The average molecular weight is 308 g/mol. The Morgan fingerprint density at radius 2 is 1.90 bits per heavy atom. The van der Waals surface area contributed by atoms with E-state index in [0.717, 1.165) is 5.56 Å². The van der Waals surface area contributed by atoms with Crippen LogP contribution in [0.5, 0.6) is 0 Å². The standard InChI is InChI=1S/C14H20N4O2S/c1-10(2)18(13-6-4-12(8-15)5-7-13)21(19,20)14-9-16-17-11(14)3/h4-7,9-10H,8,15H2,1-3H3,(H,16,17). The van der Waals surface area contributed by atoms with Gasteiger partial charge in [-0.05, 0) is 38.5 Å². The second-order valence-electron chi connectivity index (χ2n) is 5.12. The molecule has 0 radical (unpaired) electrons. The monoisotopic (exact) mass is 308 g/mol. The minimum atomic E-state index is -3.65. The van der Waals surface area contributed by atoms with Gasteiger partial charge in [-0.1, -0.05) is 12.1 Å². The van der Waals surface area contributed by atoms with Gasteiger partial charge in [-0.3, -0.25) is 9.40 Å². The summed E-state index contributed by atoms with van der Waals surface area (Å²) in [6.07, 6.45) is 1.34. The fraction of sp³-hybridized carbons (Fsp3) is 0.357. The largest absolute Gasteiger partial charge is 0.326 e. The molecule has 0 amide bonds. The number of hydrogen-bond acceptors (Lipinski definition) is 4. The van der Waals surface area contributed by atoms with Gasteiger partial charge < -0.3 is 5.73 Å². The number of hydrogen-bond donors (Lipinski definition) is 2. The van der Waals surface area contributed by atoms with Crippen LogP contribution in [0.15, 0.2) is 35.4 Å². The lowest BCUT2D eigenvalue weighted by Gasteiger charge is -2.28. The minimum Gasteiger partial charge on any atom is -0.326 e. The molecule has 0 aliphatic carbocycles. The summed E-state index contributed by atoms with van der Waals surface area (Å²) in [4.78, 5) is 0.194. The molecule has 0 aliphatic heterocycles. The number of rotatable bonds is 5. The lowest BCUT2D eigenvalue weighted by molar-refractivity contribution is 0.584. The van der Waals surface area contributed by atoms with Gasteiger partial charge in [-0.25, -0.2) is 8.42 Å². The zero-order chi connectivity index (χ0) is 15.6. The number of nitrogens with two attached hydrogens (primary N) is 1. The van der Waals surface area contributed by atoms with E-state index in [0.29, 0.717) is 17.9 Å². The number of aryl methyl sites for hydroxylation is 1. The predicted octanol–water partition coefficient (Wildman–Crippen LogP) is 1.78. The van der Waals surface area contributed by atoms with Crippen LogP contribution in [-0.2, 0) is 16.6 Å². The highest BCUT2D eigenvalue weighted by atomic mass is 32.2. The predicted molar refractivity (Wildman–Crippen MR) is 82.5 cm³/mol. The third-order valence-electron chi connectivity index (χ3n) is 3.22. The number of nitrogens with one attached hydrogen (secondary N) is 1. The molecule has 3 N–H and O–H groups in total. The van der Waals surface area contributed by atoms with E-state index in [1.54, 1.807) is 19.1 Å². The molecular weight excluding hydrogens is 288 g/mol. The lowest BCUT2D eigenvalue weighted by Crippen LogP contribution is -2.37. The molecule has 7 heteroatoms. The fourth-order valence-corrected chi connectivity index (χ4v) is 3.98. The second kappa shape index (κ2) is 5.87. The van der Waals surface area contributed by atoms with E-state index in [9.17, 15) is 8.42 Å². The topological polar surface area (TPSA) is 92.1 Å². The quantitative estimate of drug-likeness (QED) is 0.880. The van der Waals surface area contributed by atoms with Crippen molar-refractivity contribution < 1.29 is 8.42 Å². The summed E-state index contributed by atoms with van der Waals surface area (Å²) in [5.41, 5.74) is 7.67. The van der Waals surface area contributed by atoms with Crippen molar-refractivity contribution >= 4 is 15.7 Å². The first-order chi connectivity index (χ1) is 9.87. The maximum absolute atomic E-state index is 12.9. The van der Waals surface area contributed by atoms with E-state index < -0.39 is 10.0 Å². The van der Waals surface area contributed by atoms with E-state index >= 15 is 0 Å². The second-order valence-corrected chi connectivity index (χ2v) is 6.91. The highest BCUT2D eigenvalue weighted by Crippen LogP contribution is 2.27. The molecule has 0 fully saturated rings. The molecule has 2 aromatic rings. The Balaban J connectivity index is 2.50. The van der Waals surface area contributed by atoms with E-state index in [1.165, 1.54) is 10.5 Å². The van der Waals surface area contributed by atoms with Crippen LogP contribution in [0.4, 0.5) is 5.69 Å². The Morgan fingerprint density at radius 1 is 1.29 bits per heavy atom. The van der Waals surface area contributed by atoms with Gasteiger partial charge in [0, 0.05) is 12.6 Å². The molecule has 21 heavy (non-hydrogen) atoms. The van der Waals surface area contributed by atoms with Crippen LogP contribution >= 0.6 is 0 Å². The van der Waals surface area contributed by atoms with Crippen molar-refractivity contribution in [1.29, 1.82) is 0 Å². The van der Waals surface area contributed by atoms with Crippen molar-refractivity contribution in [2.45, 2.75) is 38.3 Å². The molecule has 114 valence electrons. The summed E-state index contributed by atoms with van der Waals surface area (Å²) in [7, 11) is -3.65. The number of H-pyrrole nitrogens is 1. The van der Waals surface area contributed by atoms with Crippen LogP contribution < -0.4 is 10.0 Å². The molecular formula is C14H20N4O2S. The van der Waals surface area contributed by atoms with Crippen LogP contribution in [0.3, 0.4) is 0 Å². The van der Waals surface area contributed by atoms with Gasteiger partial charge >= 0.3 is 0 Å². The van der Waals surface area contributed by atoms with Crippen molar-refractivity contribution in [2.24, 2.45) is 5.73 Å². The fourth-order valence-electron chi connectivity index (χ4n) is 2.20. The first-order valence-electron chi connectivity index (χ1n) is 6.71. The Kier molecular flexibility index (Phi) is 4.34. The number of aromatic nitrogens is 2. The third kappa shape index (κ3) is 2.93. The van der Waals surface area contributed by atoms with Crippen LogP contribution in [0.25, 0.3) is 0 Å². The minimum absolute atomic E-state index is 0.194. The zero-order valence-electron chi connectivity index (χ0n) is 12.4. The van der Waals surface area contributed by atoms with Gasteiger partial charge in [0.1, 0.15) is 4.90 Å². The Morgan fingerprint density at radius 3 is 2.33 bits per heavy atom. The molecule has 6 nitrogen and oxygen atoms in total. The van der Waals surface area contributed by atoms with Gasteiger partial charge in [0.25, 0.3) is 10.0 Å². The number of nitrogens with zero attached hydrogens (tertiary/aromatic N) is 2. The number of sulfonamides is 1. The van der Waals surface area contributed by atoms with Crippen molar-refractivity contribution in [3.8, 4) is 0 Å². The number of anilines is 1. The Bertz CT molecular complexity index is 705. The molecule has 1 aromatic heterocycles. The maximum atomic E-state index is 12.9. The lowest BCUT2D eigenvalue weighted by atomic mass is 10.2.